The summed E-state index contributed by atoms with van der Waals surface area (Å²) in [5.74, 6) is -0.672. The topological polar surface area (TPSA) is 66.5 Å². The van der Waals surface area contributed by atoms with Crippen molar-refractivity contribution >= 4 is 44.8 Å². The number of anilines is 1. The largest absolute Gasteiger partial charge is 0.326 e. The number of halogens is 2. The van der Waals surface area contributed by atoms with E-state index in [1.807, 2.05) is 6.92 Å². The fourth-order valence-corrected chi connectivity index (χ4v) is 5.15. The minimum absolute atomic E-state index is 0.149. The predicted molar refractivity (Wildman–Crippen MR) is 108 cm³/mol. The van der Waals surface area contributed by atoms with Crippen LogP contribution < -0.4 is 5.32 Å². The van der Waals surface area contributed by atoms with Gasteiger partial charge in [-0.15, -0.1) is 0 Å². The zero-order chi connectivity index (χ0) is 19.6. The van der Waals surface area contributed by atoms with Gasteiger partial charge in [-0.1, -0.05) is 40.9 Å². The number of nitrogens with zero attached hydrogens (tertiary/aromatic N) is 1. The molecule has 1 atom stereocenters. The summed E-state index contributed by atoms with van der Waals surface area (Å²) >= 11 is 11.9. The summed E-state index contributed by atoms with van der Waals surface area (Å²) in [5, 5.41) is 3.63. The van der Waals surface area contributed by atoms with Crippen molar-refractivity contribution < 1.29 is 13.2 Å². The Hall–Kier alpha value is -1.60. The second kappa shape index (κ2) is 8.19. The normalized spacial score (nSPS) is 18.3. The Balaban J connectivity index is 1.73. The maximum Gasteiger partial charge on any atom is 0.243 e. The molecular formula is C19H20Cl2N2O3S. The molecule has 0 radical (unpaired) electrons. The molecule has 0 saturated carbocycles. The minimum Gasteiger partial charge on any atom is -0.326 e. The first-order valence-corrected chi connectivity index (χ1v) is 10.8. The van der Waals surface area contributed by atoms with E-state index >= 15 is 0 Å². The lowest BCUT2D eigenvalue weighted by Gasteiger charge is -2.31. The zero-order valence-corrected chi connectivity index (χ0v) is 17.1. The third kappa shape index (κ3) is 4.82. The molecule has 0 unspecified atom stereocenters. The van der Waals surface area contributed by atoms with Crippen LogP contribution in [-0.2, 0) is 14.8 Å². The van der Waals surface area contributed by atoms with E-state index in [2.05, 4.69) is 5.32 Å². The molecule has 1 aliphatic heterocycles. The Bertz CT molecular complexity index is 926. The molecule has 144 valence electrons. The molecular weight excluding hydrogens is 407 g/mol. The van der Waals surface area contributed by atoms with Crippen molar-refractivity contribution in [2.24, 2.45) is 5.92 Å². The molecule has 0 aromatic heterocycles. The van der Waals surface area contributed by atoms with Crippen molar-refractivity contribution in [2.45, 2.75) is 24.7 Å². The Morgan fingerprint density at radius 2 is 1.74 bits per heavy atom. The Morgan fingerprint density at radius 1 is 1.11 bits per heavy atom. The number of rotatable bonds is 4. The third-order valence-corrected chi connectivity index (χ3v) is 6.86. The molecule has 8 heteroatoms. The highest BCUT2D eigenvalue weighted by atomic mass is 35.5. The number of nitrogens with one attached hydrogen (secondary N) is 1. The number of sulfonamides is 1. The average Bonchev–Trinajstić information content (AvgIpc) is 2.61. The molecule has 0 aliphatic carbocycles. The van der Waals surface area contributed by atoms with Gasteiger partial charge >= 0.3 is 0 Å². The van der Waals surface area contributed by atoms with Crippen LogP contribution in [0.25, 0.3) is 0 Å². The van der Waals surface area contributed by atoms with Crippen LogP contribution in [0.1, 0.15) is 18.4 Å². The van der Waals surface area contributed by atoms with E-state index in [0.29, 0.717) is 35.1 Å². The van der Waals surface area contributed by atoms with Gasteiger partial charge in [-0.25, -0.2) is 8.42 Å². The maximum absolute atomic E-state index is 12.9. The standard InChI is InChI=1S/C19H20Cl2N2O3S/c1-13-4-6-18(7-5-13)27(25,26)23-8-2-3-14(12-23)19(24)22-17-10-15(20)9-16(21)11-17/h4-7,9-11,14H,2-3,8,12H2,1H3,(H,22,24)/t14-/m1/s1. The SMILES string of the molecule is Cc1ccc(S(=O)(=O)N2CCC[C@@H](C(=O)Nc3cc(Cl)cc(Cl)c3)C2)cc1. The second-order valence-electron chi connectivity index (χ2n) is 6.66. The molecule has 1 saturated heterocycles. The van der Waals surface area contributed by atoms with Crippen molar-refractivity contribution in [2.75, 3.05) is 18.4 Å². The zero-order valence-electron chi connectivity index (χ0n) is 14.8. The number of aryl methyl sites for hydroxylation is 1. The lowest BCUT2D eigenvalue weighted by atomic mass is 9.99. The molecule has 3 rings (SSSR count). The van der Waals surface area contributed by atoms with E-state index in [1.54, 1.807) is 42.5 Å². The number of carbonyl (C=O) groups excluding carboxylic acids is 1. The van der Waals surface area contributed by atoms with Crippen LogP contribution in [0.4, 0.5) is 5.69 Å². The first kappa shape index (κ1) is 20.1. The highest BCUT2D eigenvalue weighted by Crippen LogP contribution is 2.27. The van der Waals surface area contributed by atoms with Crippen molar-refractivity contribution in [3.05, 3.63) is 58.1 Å². The number of amides is 1. The third-order valence-electron chi connectivity index (χ3n) is 4.54. The first-order chi connectivity index (χ1) is 12.8. The highest BCUT2D eigenvalue weighted by Gasteiger charge is 2.33. The smallest absolute Gasteiger partial charge is 0.243 e. The van der Waals surface area contributed by atoms with Gasteiger partial charge in [-0.05, 0) is 50.1 Å². The van der Waals surface area contributed by atoms with Gasteiger partial charge < -0.3 is 5.32 Å². The fraction of sp³-hybridized carbons (Fsp3) is 0.316. The van der Waals surface area contributed by atoms with Gasteiger partial charge in [0.1, 0.15) is 0 Å². The average molecular weight is 427 g/mol. The molecule has 2 aromatic rings. The van der Waals surface area contributed by atoms with E-state index in [1.165, 1.54) is 4.31 Å². The van der Waals surface area contributed by atoms with E-state index in [9.17, 15) is 13.2 Å². The number of hydrogen-bond acceptors (Lipinski definition) is 3. The van der Waals surface area contributed by atoms with E-state index in [4.69, 9.17) is 23.2 Å². The van der Waals surface area contributed by atoms with Crippen LogP contribution in [0, 0.1) is 12.8 Å². The second-order valence-corrected chi connectivity index (χ2v) is 9.47. The minimum atomic E-state index is -3.62. The molecule has 27 heavy (non-hydrogen) atoms. The van der Waals surface area contributed by atoms with Gasteiger partial charge in [0.15, 0.2) is 0 Å². The summed E-state index contributed by atoms with van der Waals surface area (Å²) in [6.45, 7) is 2.46. The van der Waals surface area contributed by atoms with Gasteiger partial charge in [0.2, 0.25) is 15.9 Å². The lowest BCUT2D eigenvalue weighted by molar-refractivity contribution is -0.120. The summed E-state index contributed by atoms with van der Waals surface area (Å²) in [7, 11) is -3.62. The highest BCUT2D eigenvalue weighted by molar-refractivity contribution is 7.89. The van der Waals surface area contributed by atoms with E-state index in [-0.39, 0.29) is 17.3 Å². The lowest BCUT2D eigenvalue weighted by Crippen LogP contribution is -2.43. The van der Waals surface area contributed by atoms with E-state index in [0.717, 1.165) is 5.56 Å². The molecule has 1 amide bonds. The number of benzene rings is 2. The Labute approximate surface area is 169 Å². The van der Waals surface area contributed by atoms with Crippen LogP contribution in [0.3, 0.4) is 0 Å². The van der Waals surface area contributed by atoms with Crippen molar-refractivity contribution in [1.29, 1.82) is 0 Å². The first-order valence-electron chi connectivity index (χ1n) is 8.59. The van der Waals surface area contributed by atoms with Gasteiger partial charge in [-0.2, -0.15) is 4.31 Å². The van der Waals surface area contributed by atoms with Crippen LogP contribution in [-0.4, -0.2) is 31.7 Å². The van der Waals surface area contributed by atoms with Crippen molar-refractivity contribution in [3.63, 3.8) is 0 Å². The molecule has 2 aromatic carbocycles. The monoisotopic (exact) mass is 426 g/mol. The van der Waals surface area contributed by atoms with Crippen LogP contribution in [0.15, 0.2) is 47.4 Å². The van der Waals surface area contributed by atoms with Crippen LogP contribution in [0.5, 0.6) is 0 Å². The van der Waals surface area contributed by atoms with Gasteiger partial charge in [0.05, 0.1) is 10.8 Å². The Kier molecular flexibility index (Phi) is 6.11. The number of hydrogen-bond donors (Lipinski definition) is 1. The summed E-state index contributed by atoms with van der Waals surface area (Å²) in [4.78, 5) is 12.9. The molecule has 0 spiro atoms. The van der Waals surface area contributed by atoms with Crippen LogP contribution >= 0.6 is 23.2 Å². The van der Waals surface area contributed by atoms with Crippen LogP contribution in [0.2, 0.25) is 10.0 Å². The molecule has 1 N–H and O–H groups in total. The summed E-state index contributed by atoms with van der Waals surface area (Å²) in [6, 6.07) is 11.5. The number of piperidine rings is 1. The maximum atomic E-state index is 12.9. The summed E-state index contributed by atoms with van der Waals surface area (Å²) < 4.78 is 27.1. The predicted octanol–water partition coefficient (Wildman–Crippen LogP) is 4.34. The van der Waals surface area contributed by atoms with Gasteiger partial charge in [0, 0.05) is 28.8 Å². The van der Waals surface area contributed by atoms with E-state index < -0.39 is 15.9 Å². The van der Waals surface area contributed by atoms with Gasteiger partial charge in [0.25, 0.3) is 0 Å². The Morgan fingerprint density at radius 3 is 2.37 bits per heavy atom. The fourth-order valence-electron chi connectivity index (χ4n) is 3.10. The summed E-state index contributed by atoms with van der Waals surface area (Å²) in [6.07, 6.45) is 1.25. The quantitative estimate of drug-likeness (QED) is 0.790. The number of carbonyl (C=O) groups is 1. The van der Waals surface area contributed by atoms with Crippen molar-refractivity contribution in [1.82, 2.24) is 4.31 Å². The molecule has 5 nitrogen and oxygen atoms in total. The molecule has 1 aliphatic rings. The summed E-state index contributed by atoms with van der Waals surface area (Å²) in [5.41, 5.74) is 1.49. The molecule has 1 fully saturated rings. The van der Waals surface area contributed by atoms with Gasteiger partial charge in [-0.3, -0.25) is 4.79 Å². The van der Waals surface area contributed by atoms with Crippen molar-refractivity contribution in [3.8, 4) is 0 Å². The molecule has 1 heterocycles. The molecule has 0 bridgehead atoms.